The average Bonchev–Trinajstić information content (AvgIpc) is 2.85. The van der Waals surface area contributed by atoms with Gasteiger partial charge >= 0.3 is 11.9 Å². The number of carbonyl (C=O) groups excluding carboxylic acids is 3. The molecular weight excluding hydrogens is 310 g/mol. The van der Waals surface area contributed by atoms with Gasteiger partial charge in [-0.3, -0.25) is 4.79 Å². The van der Waals surface area contributed by atoms with E-state index in [-0.39, 0.29) is 30.9 Å². The molecule has 0 fully saturated rings. The van der Waals surface area contributed by atoms with Crippen molar-refractivity contribution in [1.82, 2.24) is 0 Å². The summed E-state index contributed by atoms with van der Waals surface area (Å²) in [7, 11) is 1.29. The van der Waals surface area contributed by atoms with Crippen molar-refractivity contribution in [3.63, 3.8) is 0 Å². The SMILES string of the molecule is COC(=O)CC[C@]1([C@H](CC(C)=O)c2ccccc2)N=C(C)OC1=O. The maximum atomic E-state index is 12.6. The van der Waals surface area contributed by atoms with Crippen molar-refractivity contribution in [2.75, 3.05) is 7.11 Å². The molecule has 1 aliphatic heterocycles. The largest absolute Gasteiger partial charge is 0.469 e. The van der Waals surface area contributed by atoms with E-state index >= 15 is 0 Å². The zero-order valence-electron chi connectivity index (χ0n) is 14.1. The fourth-order valence-corrected chi connectivity index (χ4v) is 3.05. The number of esters is 2. The van der Waals surface area contributed by atoms with Gasteiger partial charge in [0.1, 0.15) is 5.78 Å². The van der Waals surface area contributed by atoms with Gasteiger partial charge in [-0.25, -0.2) is 9.79 Å². The van der Waals surface area contributed by atoms with Crippen LogP contribution in [-0.2, 0) is 23.9 Å². The fraction of sp³-hybridized carbons (Fsp3) is 0.444. The molecule has 6 nitrogen and oxygen atoms in total. The first-order valence-electron chi connectivity index (χ1n) is 7.79. The first kappa shape index (κ1) is 17.8. The molecule has 1 aromatic rings. The van der Waals surface area contributed by atoms with E-state index in [0.717, 1.165) is 5.56 Å². The minimum absolute atomic E-state index is 0.0175. The third-order valence-electron chi connectivity index (χ3n) is 4.16. The number of ketones is 1. The highest BCUT2D eigenvalue weighted by molar-refractivity contribution is 6.00. The number of cyclic esters (lactones) is 1. The molecule has 0 amide bonds. The van der Waals surface area contributed by atoms with Crippen LogP contribution in [0.2, 0.25) is 0 Å². The van der Waals surface area contributed by atoms with E-state index in [1.54, 1.807) is 6.92 Å². The third-order valence-corrected chi connectivity index (χ3v) is 4.16. The number of hydrogen-bond donors (Lipinski definition) is 0. The number of benzene rings is 1. The monoisotopic (exact) mass is 331 g/mol. The highest BCUT2D eigenvalue weighted by Gasteiger charge is 2.52. The maximum Gasteiger partial charge on any atom is 0.341 e. The van der Waals surface area contributed by atoms with Gasteiger partial charge in [-0.05, 0) is 18.9 Å². The second kappa shape index (κ2) is 7.38. The number of methoxy groups -OCH3 is 1. The summed E-state index contributed by atoms with van der Waals surface area (Å²) in [5, 5.41) is 0. The minimum Gasteiger partial charge on any atom is -0.469 e. The Kier molecular flexibility index (Phi) is 5.49. The third kappa shape index (κ3) is 3.69. The van der Waals surface area contributed by atoms with E-state index in [1.807, 2.05) is 30.3 Å². The molecule has 128 valence electrons. The van der Waals surface area contributed by atoms with E-state index in [2.05, 4.69) is 9.73 Å². The van der Waals surface area contributed by atoms with Crippen molar-refractivity contribution in [3.05, 3.63) is 35.9 Å². The molecule has 0 aliphatic carbocycles. The van der Waals surface area contributed by atoms with E-state index in [4.69, 9.17) is 4.74 Å². The molecule has 0 radical (unpaired) electrons. The maximum absolute atomic E-state index is 12.6. The number of hydrogen-bond acceptors (Lipinski definition) is 6. The molecule has 0 N–H and O–H groups in total. The van der Waals surface area contributed by atoms with Crippen molar-refractivity contribution in [1.29, 1.82) is 0 Å². The summed E-state index contributed by atoms with van der Waals surface area (Å²) in [6.07, 6.45) is 0.281. The Labute approximate surface area is 140 Å². The number of Topliss-reactive ketones (excluding diaryl/α,β-unsaturated/α-hetero) is 1. The first-order valence-corrected chi connectivity index (χ1v) is 7.79. The van der Waals surface area contributed by atoms with Crippen LogP contribution < -0.4 is 0 Å². The summed E-state index contributed by atoms with van der Waals surface area (Å²) < 4.78 is 9.85. The van der Waals surface area contributed by atoms with Crippen LogP contribution in [0, 0.1) is 0 Å². The van der Waals surface area contributed by atoms with E-state index in [1.165, 1.54) is 14.0 Å². The van der Waals surface area contributed by atoms with Gasteiger partial charge in [0.25, 0.3) is 0 Å². The number of carbonyl (C=O) groups is 3. The van der Waals surface area contributed by atoms with E-state index < -0.39 is 23.4 Å². The minimum atomic E-state index is -1.29. The molecule has 2 rings (SSSR count). The van der Waals surface area contributed by atoms with Gasteiger partial charge in [-0.1, -0.05) is 30.3 Å². The zero-order valence-corrected chi connectivity index (χ0v) is 14.1. The molecule has 1 heterocycles. The van der Waals surface area contributed by atoms with Crippen molar-refractivity contribution < 1.29 is 23.9 Å². The van der Waals surface area contributed by atoms with Crippen LogP contribution in [0.3, 0.4) is 0 Å². The number of rotatable bonds is 7. The van der Waals surface area contributed by atoms with Crippen molar-refractivity contribution >= 4 is 23.6 Å². The summed E-state index contributed by atoms with van der Waals surface area (Å²) in [5.74, 6) is -1.27. The lowest BCUT2D eigenvalue weighted by atomic mass is 9.74. The number of nitrogens with zero attached hydrogens (tertiary/aromatic N) is 1. The second-order valence-corrected chi connectivity index (χ2v) is 5.89. The van der Waals surface area contributed by atoms with Gasteiger partial charge in [0.15, 0.2) is 11.4 Å². The standard InChI is InChI=1S/C18H21NO5/c1-12(20)11-15(14-7-5-4-6-8-14)18(10-9-16(21)23-3)17(22)24-13(2)19-18/h4-8,15H,9-11H2,1-3H3/t15-,18-/m1/s1. The van der Waals surface area contributed by atoms with Crippen LogP contribution in [0.25, 0.3) is 0 Å². The summed E-state index contributed by atoms with van der Waals surface area (Å²) in [5.41, 5.74) is -0.473. The van der Waals surface area contributed by atoms with Gasteiger partial charge in [0, 0.05) is 25.7 Å². The van der Waals surface area contributed by atoms with Gasteiger partial charge < -0.3 is 14.3 Å². The molecule has 1 aromatic carbocycles. The summed E-state index contributed by atoms with van der Waals surface area (Å²) in [4.78, 5) is 40.4. The number of aliphatic imine (C=N–C) groups is 1. The Morgan fingerprint density at radius 1 is 1.29 bits per heavy atom. The Hall–Kier alpha value is -2.50. The Morgan fingerprint density at radius 2 is 1.96 bits per heavy atom. The Bertz CT molecular complexity index is 667. The molecule has 2 atom stereocenters. The summed E-state index contributed by atoms with van der Waals surface area (Å²) in [6, 6.07) is 9.24. The van der Waals surface area contributed by atoms with Crippen molar-refractivity contribution in [2.45, 2.75) is 44.6 Å². The van der Waals surface area contributed by atoms with Crippen LogP contribution in [0.15, 0.2) is 35.3 Å². The molecule has 6 heteroatoms. The summed E-state index contributed by atoms with van der Waals surface area (Å²) >= 11 is 0. The molecular formula is C18H21NO5. The molecule has 1 aliphatic rings. The molecule has 0 saturated heterocycles. The predicted octanol–water partition coefficient (Wildman–Crippen LogP) is 2.42. The fourth-order valence-electron chi connectivity index (χ4n) is 3.05. The second-order valence-electron chi connectivity index (χ2n) is 5.89. The molecule has 24 heavy (non-hydrogen) atoms. The van der Waals surface area contributed by atoms with Crippen LogP contribution in [-0.4, -0.2) is 36.3 Å². The van der Waals surface area contributed by atoms with Gasteiger partial charge in [0.2, 0.25) is 0 Å². The number of ether oxygens (including phenoxy) is 2. The highest BCUT2D eigenvalue weighted by Crippen LogP contribution is 2.42. The normalized spacial score (nSPS) is 21.0. The summed E-state index contributed by atoms with van der Waals surface area (Å²) in [6.45, 7) is 3.06. The van der Waals surface area contributed by atoms with Crippen LogP contribution in [0.5, 0.6) is 0 Å². The van der Waals surface area contributed by atoms with Crippen LogP contribution in [0.4, 0.5) is 0 Å². The molecule has 0 aromatic heterocycles. The molecule has 0 saturated carbocycles. The predicted molar refractivity (Wildman–Crippen MR) is 87.7 cm³/mol. The molecule has 0 bridgehead atoms. The van der Waals surface area contributed by atoms with Gasteiger partial charge in [-0.15, -0.1) is 0 Å². The molecule has 0 spiro atoms. The first-order chi connectivity index (χ1) is 11.4. The van der Waals surface area contributed by atoms with Crippen molar-refractivity contribution in [3.8, 4) is 0 Å². The quantitative estimate of drug-likeness (QED) is 0.717. The van der Waals surface area contributed by atoms with Gasteiger partial charge in [0.05, 0.1) is 7.11 Å². The lowest BCUT2D eigenvalue weighted by Crippen LogP contribution is -2.42. The van der Waals surface area contributed by atoms with E-state index in [0.29, 0.717) is 0 Å². The molecule has 0 unspecified atom stereocenters. The van der Waals surface area contributed by atoms with Gasteiger partial charge in [-0.2, -0.15) is 0 Å². The highest BCUT2D eigenvalue weighted by atomic mass is 16.6. The topological polar surface area (TPSA) is 82.0 Å². The Morgan fingerprint density at radius 3 is 2.46 bits per heavy atom. The van der Waals surface area contributed by atoms with Crippen LogP contribution in [0.1, 0.15) is 44.6 Å². The zero-order chi connectivity index (χ0) is 17.7. The lowest BCUT2D eigenvalue weighted by Gasteiger charge is -2.31. The van der Waals surface area contributed by atoms with Crippen LogP contribution >= 0.6 is 0 Å². The van der Waals surface area contributed by atoms with E-state index in [9.17, 15) is 14.4 Å². The lowest BCUT2D eigenvalue weighted by molar-refractivity contribution is -0.143. The average molecular weight is 331 g/mol. The Balaban J connectivity index is 2.47. The van der Waals surface area contributed by atoms with Crippen molar-refractivity contribution in [2.24, 2.45) is 4.99 Å². The smallest absolute Gasteiger partial charge is 0.341 e.